The van der Waals surface area contributed by atoms with Gasteiger partial charge >= 0.3 is 0 Å². The number of hydrogen-bond acceptors (Lipinski definition) is 2. The molecule has 0 aromatic heterocycles. The number of phenols is 1. The van der Waals surface area contributed by atoms with Gasteiger partial charge in [0, 0.05) is 11.8 Å². The molecule has 0 radical (unpaired) electrons. The predicted octanol–water partition coefficient (Wildman–Crippen LogP) is 3.83. The zero-order valence-corrected chi connectivity index (χ0v) is 10.3. The van der Waals surface area contributed by atoms with Crippen molar-refractivity contribution in [1.29, 1.82) is 0 Å². The van der Waals surface area contributed by atoms with E-state index in [4.69, 9.17) is 0 Å². The second-order valence-electron chi connectivity index (χ2n) is 5.02. The van der Waals surface area contributed by atoms with E-state index < -0.39 is 0 Å². The first-order chi connectivity index (χ1) is 8.00. The summed E-state index contributed by atoms with van der Waals surface area (Å²) in [6.07, 6.45) is 5.39. The van der Waals surface area contributed by atoms with Crippen molar-refractivity contribution in [3.8, 4) is 5.75 Å². The maximum absolute atomic E-state index is 9.38. The van der Waals surface area contributed by atoms with Crippen molar-refractivity contribution in [2.24, 2.45) is 0 Å². The summed E-state index contributed by atoms with van der Waals surface area (Å²) in [7, 11) is 0. The largest absolute Gasteiger partial charge is 0.512 e. The Balaban J connectivity index is 2.33. The molecule has 0 spiro atoms. The van der Waals surface area contributed by atoms with Crippen LogP contribution in [0.2, 0.25) is 0 Å². The smallest absolute Gasteiger partial charge is 0.115 e. The first-order valence-corrected chi connectivity index (χ1v) is 5.89. The normalized spacial score (nSPS) is 16.4. The molecule has 0 aliphatic heterocycles. The van der Waals surface area contributed by atoms with Crippen molar-refractivity contribution in [1.82, 2.24) is 0 Å². The fourth-order valence-corrected chi connectivity index (χ4v) is 2.21. The molecule has 0 unspecified atom stereocenters. The molecule has 0 fully saturated rings. The molecule has 0 saturated heterocycles. The van der Waals surface area contributed by atoms with Crippen LogP contribution in [0.25, 0.3) is 0 Å². The Bertz CT molecular complexity index is 464. The lowest BCUT2D eigenvalue weighted by Crippen LogP contribution is -2.21. The first-order valence-electron chi connectivity index (χ1n) is 5.89. The SMILES string of the molecule is CC(C)(C1=CC=C(O)CC1)c1ccc(O)cc1. The van der Waals surface area contributed by atoms with Gasteiger partial charge in [0.25, 0.3) is 0 Å². The fraction of sp³-hybridized carbons (Fsp3) is 0.333. The minimum atomic E-state index is -0.0646. The van der Waals surface area contributed by atoms with Gasteiger partial charge in [0.2, 0.25) is 0 Å². The van der Waals surface area contributed by atoms with E-state index in [1.54, 1.807) is 18.2 Å². The van der Waals surface area contributed by atoms with Crippen LogP contribution in [0.3, 0.4) is 0 Å². The number of aliphatic hydroxyl groups is 1. The summed E-state index contributed by atoms with van der Waals surface area (Å²) in [5.74, 6) is 0.745. The Morgan fingerprint density at radius 3 is 2.12 bits per heavy atom. The lowest BCUT2D eigenvalue weighted by Gasteiger charge is -2.30. The molecule has 1 aliphatic carbocycles. The van der Waals surface area contributed by atoms with Crippen LogP contribution in [-0.2, 0) is 5.41 Å². The molecule has 2 nitrogen and oxygen atoms in total. The van der Waals surface area contributed by atoms with Crippen LogP contribution in [0.15, 0.2) is 47.7 Å². The molecule has 0 amide bonds. The van der Waals surface area contributed by atoms with Gasteiger partial charge in [0.05, 0.1) is 5.76 Å². The Labute approximate surface area is 102 Å². The molecule has 0 atom stereocenters. The third-order valence-electron chi connectivity index (χ3n) is 3.52. The van der Waals surface area contributed by atoms with E-state index in [2.05, 4.69) is 13.8 Å². The first kappa shape index (κ1) is 11.8. The van der Waals surface area contributed by atoms with Gasteiger partial charge in [-0.05, 0) is 30.2 Å². The molecular formula is C15H18O2. The van der Waals surface area contributed by atoms with Crippen LogP contribution in [0.1, 0.15) is 32.3 Å². The molecular weight excluding hydrogens is 212 g/mol. The lowest BCUT2D eigenvalue weighted by atomic mass is 9.74. The Hall–Kier alpha value is -1.70. The topological polar surface area (TPSA) is 40.5 Å². The molecule has 0 saturated carbocycles. The second-order valence-corrected chi connectivity index (χ2v) is 5.02. The highest BCUT2D eigenvalue weighted by molar-refractivity contribution is 5.40. The van der Waals surface area contributed by atoms with Crippen molar-refractivity contribution < 1.29 is 10.2 Å². The molecule has 1 aliphatic rings. The maximum atomic E-state index is 9.38. The molecule has 1 aromatic carbocycles. The second kappa shape index (κ2) is 4.28. The molecule has 0 heterocycles. The van der Waals surface area contributed by atoms with Crippen molar-refractivity contribution >= 4 is 0 Å². The van der Waals surface area contributed by atoms with Gasteiger partial charge in [-0.15, -0.1) is 0 Å². The zero-order chi connectivity index (χ0) is 12.5. The number of phenolic OH excluding ortho intramolecular Hbond substituents is 1. The van der Waals surface area contributed by atoms with E-state index in [1.165, 1.54) is 11.1 Å². The highest BCUT2D eigenvalue weighted by Crippen LogP contribution is 2.36. The van der Waals surface area contributed by atoms with Gasteiger partial charge in [0.15, 0.2) is 0 Å². The van der Waals surface area contributed by atoms with E-state index in [1.807, 2.05) is 18.2 Å². The van der Waals surface area contributed by atoms with Gasteiger partial charge in [-0.25, -0.2) is 0 Å². The van der Waals surface area contributed by atoms with Crippen LogP contribution >= 0.6 is 0 Å². The van der Waals surface area contributed by atoms with Gasteiger partial charge in [0.1, 0.15) is 5.75 Å². The average Bonchev–Trinajstić information content (AvgIpc) is 2.30. The van der Waals surface area contributed by atoms with Crippen LogP contribution in [-0.4, -0.2) is 10.2 Å². The molecule has 90 valence electrons. The minimum absolute atomic E-state index is 0.0646. The number of hydrogen-bond donors (Lipinski definition) is 2. The third-order valence-corrected chi connectivity index (χ3v) is 3.52. The zero-order valence-electron chi connectivity index (χ0n) is 10.3. The summed E-state index contributed by atoms with van der Waals surface area (Å²) < 4.78 is 0. The molecule has 2 heteroatoms. The monoisotopic (exact) mass is 230 g/mol. The Morgan fingerprint density at radius 1 is 0.941 bits per heavy atom. The number of aromatic hydroxyl groups is 1. The molecule has 0 bridgehead atoms. The van der Waals surface area contributed by atoms with Crippen molar-refractivity contribution in [2.45, 2.75) is 32.1 Å². The van der Waals surface area contributed by atoms with Gasteiger partial charge < -0.3 is 10.2 Å². The maximum Gasteiger partial charge on any atom is 0.115 e. The number of aliphatic hydroxyl groups excluding tert-OH is 1. The summed E-state index contributed by atoms with van der Waals surface area (Å²) in [5.41, 5.74) is 2.42. The Kier molecular flexibility index (Phi) is 2.97. The highest BCUT2D eigenvalue weighted by Gasteiger charge is 2.26. The standard InChI is InChI=1S/C15H18O2/c1-15(2,11-3-7-13(16)8-4-11)12-5-9-14(17)10-6-12/h3-5,7-9,16-17H,6,10H2,1-2H3. The van der Waals surface area contributed by atoms with E-state index >= 15 is 0 Å². The van der Waals surface area contributed by atoms with Crippen LogP contribution < -0.4 is 0 Å². The third kappa shape index (κ3) is 2.36. The van der Waals surface area contributed by atoms with Gasteiger partial charge in [-0.3, -0.25) is 0 Å². The molecule has 1 aromatic rings. The van der Waals surface area contributed by atoms with Crippen molar-refractivity contribution in [2.75, 3.05) is 0 Å². The van der Waals surface area contributed by atoms with E-state index in [0.29, 0.717) is 17.9 Å². The minimum Gasteiger partial charge on any atom is -0.512 e. The van der Waals surface area contributed by atoms with E-state index in [-0.39, 0.29) is 5.41 Å². The van der Waals surface area contributed by atoms with Crippen LogP contribution in [0.4, 0.5) is 0 Å². The van der Waals surface area contributed by atoms with E-state index in [0.717, 1.165) is 6.42 Å². The summed E-state index contributed by atoms with van der Waals surface area (Å²) in [5, 5.41) is 18.7. The van der Waals surface area contributed by atoms with Crippen LogP contribution in [0.5, 0.6) is 5.75 Å². The quantitative estimate of drug-likeness (QED) is 0.810. The van der Waals surface area contributed by atoms with Crippen molar-refractivity contribution in [3.05, 3.63) is 53.3 Å². The highest BCUT2D eigenvalue weighted by atomic mass is 16.3. The van der Waals surface area contributed by atoms with Gasteiger partial charge in [-0.1, -0.05) is 37.6 Å². The number of rotatable bonds is 2. The lowest BCUT2D eigenvalue weighted by molar-refractivity contribution is 0.381. The van der Waals surface area contributed by atoms with Gasteiger partial charge in [-0.2, -0.15) is 0 Å². The fourth-order valence-electron chi connectivity index (χ4n) is 2.21. The summed E-state index contributed by atoms with van der Waals surface area (Å²) in [6, 6.07) is 7.34. The summed E-state index contributed by atoms with van der Waals surface area (Å²) in [6.45, 7) is 4.34. The number of benzene rings is 1. The van der Waals surface area contributed by atoms with Crippen LogP contribution in [0, 0.1) is 0 Å². The molecule has 2 N–H and O–H groups in total. The predicted molar refractivity (Wildman–Crippen MR) is 69.2 cm³/mol. The van der Waals surface area contributed by atoms with E-state index in [9.17, 15) is 10.2 Å². The summed E-state index contributed by atoms with van der Waals surface area (Å²) in [4.78, 5) is 0. The molecule has 2 rings (SSSR count). The average molecular weight is 230 g/mol. The Morgan fingerprint density at radius 2 is 1.59 bits per heavy atom. The van der Waals surface area contributed by atoms with Crippen molar-refractivity contribution in [3.63, 3.8) is 0 Å². The summed E-state index contributed by atoms with van der Waals surface area (Å²) >= 11 is 0. The molecule has 17 heavy (non-hydrogen) atoms. The number of allylic oxidation sites excluding steroid dienone is 4.